The molecule has 1 atom stereocenters. The fourth-order valence-corrected chi connectivity index (χ4v) is 3.90. The molecule has 168 valence electrons. The van der Waals surface area contributed by atoms with Crippen molar-refractivity contribution >= 4 is 17.4 Å². The number of aliphatic hydroxyl groups excluding tert-OH is 1. The third kappa shape index (κ3) is 4.30. The van der Waals surface area contributed by atoms with Crippen molar-refractivity contribution in [3.05, 3.63) is 101 Å². The minimum atomic E-state index is -0.935. The predicted molar refractivity (Wildman–Crippen MR) is 120 cm³/mol. The van der Waals surface area contributed by atoms with Crippen LogP contribution >= 0.6 is 0 Å². The number of ether oxygens (including phenoxy) is 1. The Labute approximate surface area is 190 Å². The highest BCUT2D eigenvalue weighted by molar-refractivity contribution is 6.46. The minimum absolute atomic E-state index is 0.0841. The van der Waals surface area contributed by atoms with Crippen LogP contribution in [0, 0.1) is 5.82 Å². The molecule has 2 N–H and O–H groups in total. The first-order chi connectivity index (χ1) is 15.9. The van der Waals surface area contributed by atoms with E-state index in [0.717, 1.165) is 17.7 Å². The lowest BCUT2D eigenvalue weighted by atomic mass is 9.94. The molecule has 3 aromatic rings. The highest BCUT2D eigenvalue weighted by atomic mass is 19.1. The van der Waals surface area contributed by atoms with Crippen molar-refractivity contribution in [1.82, 2.24) is 4.90 Å². The second-order valence-electron chi connectivity index (χ2n) is 7.58. The summed E-state index contributed by atoms with van der Waals surface area (Å²) in [6.07, 6.45) is 0. The zero-order valence-corrected chi connectivity index (χ0v) is 17.9. The Morgan fingerprint density at radius 1 is 1.03 bits per heavy atom. The fraction of sp³-hybridized carbons (Fsp3) is 0.154. The molecule has 1 saturated heterocycles. The van der Waals surface area contributed by atoms with Crippen LogP contribution in [0.25, 0.3) is 5.76 Å². The van der Waals surface area contributed by atoms with Gasteiger partial charge >= 0.3 is 0 Å². The molecule has 7 heteroatoms. The largest absolute Gasteiger partial charge is 0.507 e. The summed E-state index contributed by atoms with van der Waals surface area (Å²) < 4.78 is 18.9. The predicted octanol–water partition coefficient (Wildman–Crippen LogP) is 4.55. The van der Waals surface area contributed by atoms with E-state index in [2.05, 4.69) is 0 Å². The number of hydrogen-bond donors (Lipinski definition) is 2. The number of halogens is 1. The first-order valence-corrected chi connectivity index (χ1v) is 10.4. The fourth-order valence-electron chi connectivity index (χ4n) is 3.90. The molecule has 33 heavy (non-hydrogen) atoms. The standard InChI is InChI=1S/C26H22FNO5/c1-2-33-21-14-18(10-13-20(21)29)23-22(24(30)17-8-11-19(27)12-9-17)25(31)26(32)28(23)15-16-6-4-3-5-7-16/h3-14,23,29-30H,2,15H2,1H3. The molecule has 1 fully saturated rings. The van der Waals surface area contributed by atoms with Crippen LogP contribution in [0.15, 0.2) is 78.4 Å². The Kier molecular flexibility index (Phi) is 6.13. The molecule has 0 aliphatic carbocycles. The number of rotatable bonds is 6. The van der Waals surface area contributed by atoms with Crippen molar-refractivity contribution in [2.45, 2.75) is 19.5 Å². The number of nitrogens with zero attached hydrogens (tertiary/aromatic N) is 1. The summed E-state index contributed by atoms with van der Waals surface area (Å²) in [6.45, 7) is 2.19. The number of amides is 1. The highest BCUT2D eigenvalue weighted by Crippen LogP contribution is 2.42. The van der Waals surface area contributed by atoms with Gasteiger partial charge in [0.2, 0.25) is 0 Å². The van der Waals surface area contributed by atoms with Crippen LogP contribution in [-0.2, 0) is 16.1 Å². The van der Waals surface area contributed by atoms with E-state index in [1.807, 2.05) is 30.3 Å². The molecular weight excluding hydrogens is 425 g/mol. The molecular formula is C26H22FNO5. The number of carbonyl (C=O) groups is 2. The molecule has 1 aliphatic rings. The molecule has 0 saturated carbocycles. The van der Waals surface area contributed by atoms with Crippen molar-refractivity contribution in [2.75, 3.05) is 6.61 Å². The van der Waals surface area contributed by atoms with Gasteiger partial charge in [-0.2, -0.15) is 0 Å². The number of phenolic OH excluding ortho intramolecular Hbond substituents is 1. The zero-order valence-electron chi connectivity index (χ0n) is 17.9. The van der Waals surface area contributed by atoms with Crippen LogP contribution in [-0.4, -0.2) is 33.4 Å². The van der Waals surface area contributed by atoms with Gasteiger partial charge in [0.15, 0.2) is 11.5 Å². The van der Waals surface area contributed by atoms with Crippen LogP contribution in [0.2, 0.25) is 0 Å². The summed E-state index contributed by atoms with van der Waals surface area (Å²) in [4.78, 5) is 27.5. The van der Waals surface area contributed by atoms with Gasteiger partial charge in [0.05, 0.1) is 18.2 Å². The Balaban J connectivity index is 1.88. The monoisotopic (exact) mass is 447 g/mol. The molecule has 1 unspecified atom stereocenters. The molecule has 6 nitrogen and oxygen atoms in total. The maximum absolute atomic E-state index is 13.4. The normalized spacial score (nSPS) is 17.4. The topological polar surface area (TPSA) is 87.1 Å². The second kappa shape index (κ2) is 9.16. The quantitative estimate of drug-likeness (QED) is 0.329. The summed E-state index contributed by atoms with van der Waals surface area (Å²) in [5.74, 6) is -2.39. The van der Waals surface area contributed by atoms with E-state index in [1.54, 1.807) is 19.1 Å². The van der Waals surface area contributed by atoms with Crippen LogP contribution in [0.3, 0.4) is 0 Å². The van der Waals surface area contributed by atoms with E-state index >= 15 is 0 Å². The van der Waals surface area contributed by atoms with Crippen molar-refractivity contribution < 1.29 is 28.9 Å². The van der Waals surface area contributed by atoms with Gasteiger partial charge in [-0.05, 0) is 54.4 Å². The maximum atomic E-state index is 13.4. The molecule has 4 rings (SSSR count). The van der Waals surface area contributed by atoms with Gasteiger partial charge in [0.1, 0.15) is 11.6 Å². The summed E-state index contributed by atoms with van der Waals surface area (Å²) >= 11 is 0. The van der Waals surface area contributed by atoms with E-state index < -0.39 is 29.3 Å². The number of Topliss-reactive ketones (excluding diaryl/α,β-unsaturated/α-hetero) is 1. The zero-order chi connectivity index (χ0) is 23.5. The lowest BCUT2D eigenvalue weighted by molar-refractivity contribution is -0.140. The maximum Gasteiger partial charge on any atom is 0.295 e. The van der Waals surface area contributed by atoms with Crippen LogP contribution in [0.5, 0.6) is 11.5 Å². The highest BCUT2D eigenvalue weighted by Gasteiger charge is 2.46. The van der Waals surface area contributed by atoms with Gasteiger partial charge < -0.3 is 19.8 Å². The molecule has 0 radical (unpaired) electrons. The summed E-state index contributed by atoms with van der Waals surface area (Å²) in [7, 11) is 0. The van der Waals surface area contributed by atoms with Crippen LogP contribution in [0.1, 0.15) is 29.7 Å². The van der Waals surface area contributed by atoms with E-state index in [0.29, 0.717) is 12.2 Å². The Morgan fingerprint density at radius 2 is 1.73 bits per heavy atom. The number of benzene rings is 3. The van der Waals surface area contributed by atoms with Gasteiger partial charge in [0, 0.05) is 12.1 Å². The molecule has 0 aromatic heterocycles. The minimum Gasteiger partial charge on any atom is -0.507 e. The summed E-state index contributed by atoms with van der Waals surface area (Å²) in [5.41, 5.74) is 1.38. The van der Waals surface area contributed by atoms with Crippen molar-refractivity contribution in [1.29, 1.82) is 0 Å². The Bertz CT molecular complexity index is 1220. The van der Waals surface area contributed by atoms with Gasteiger partial charge in [-0.1, -0.05) is 36.4 Å². The number of likely N-dealkylation sites (tertiary alicyclic amines) is 1. The van der Waals surface area contributed by atoms with Gasteiger partial charge in [-0.15, -0.1) is 0 Å². The first kappa shape index (κ1) is 22.1. The number of aromatic hydroxyl groups is 1. The smallest absolute Gasteiger partial charge is 0.295 e. The van der Waals surface area contributed by atoms with E-state index in [9.17, 15) is 24.2 Å². The first-order valence-electron chi connectivity index (χ1n) is 10.4. The van der Waals surface area contributed by atoms with Crippen LogP contribution < -0.4 is 4.74 Å². The molecule has 0 spiro atoms. The van der Waals surface area contributed by atoms with E-state index in [-0.39, 0.29) is 29.2 Å². The lowest BCUT2D eigenvalue weighted by Crippen LogP contribution is -2.29. The number of carbonyl (C=O) groups excluding carboxylic acids is 2. The van der Waals surface area contributed by atoms with Gasteiger partial charge in [-0.3, -0.25) is 9.59 Å². The SMILES string of the molecule is CCOc1cc(C2C(=C(O)c3ccc(F)cc3)C(=O)C(=O)N2Cc2ccccc2)ccc1O. The Morgan fingerprint density at radius 3 is 2.39 bits per heavy atom. The third-order valence-electron chi connectivity index (χ3n) is 5.45. The Hall–Kier alpha value is -4.13. The number of ketones is 1. The molecule has 1 amide bonds. The van der Waals surface area contributed by atoms with Crippen LogP contribution in [0.4, 0.5) is 4.39 Å². The van der Waals surface area contributed by atoms with E-state index in [1.165, 1.54) is 23.1 Å². The lowest BCUT2D eigenvalue weighted by Gasteiger charge is -2.26. The summed E-state index contributed by atoms with van der Waals surface area (Å²) in [6, 6.07) is 17.8. The van der Waals surface area contributed by atoms with Crippen molar-refractivity contribution in [3.63, 3.8) is 0 Å². The second-order valence-corrected chi connectivity index (χ2v) is 7.58. The third-order valence-corrected chi connectivity index (χ3v) is 5.45. The van der Waals surface area contributed by atoms with Gasteiger partial charge in [0.25, 0.3) is 11.7 Å². The molecule has 3 aromatic carbocycles. The molecule has 0 bridgehead atoms. The average Bonchev–Trinajstić information content (AvgIpc) is 3.06. The number of phenols is 1. The van der Waals surface area contributed by atoms with E-state index in [4.69, 9.17) is 4.74 Å². The average molecular weight is 447 g/mol. The molecule has 1 heterocycles. The van der Waals surface area contributed by atoms with Crippen molar-refractivity contribution in [3.8, 4) is 11.5 Å². The summed E-state index contributed by atoms with van der Waals surface area (Å²) in [5, 5.41) is 21.1. The van der Waals surface area contributed by atoms with Crippen molar-refractivity contribution in [2.24, 2.45) is 0 Å². The molecule has 1 aliphatic heterocycles. The van der Waals surface area contributed by atoms with Gasteiger partial charge in [-0.25, -0.2) is 4.39 Å². The number of hydrogen-bond acceptors (Lipinski definition) is 5. The number of aliphatic hydroxyl groups is 1.